The number of halogens is 1. The molecule has 0 aliphatic heterocycles. The highest BCUT2D eigenvalue weighted by Crippen LogP contribution is 2.15. The molecule has 0 unspecified atom stereocenters. The van der Waals surface area contributed by atoms with Gasteiger partial charge in [0.2, 0.25) is 0 Å². The van der Waals surface area contributed by atoms with Crippen LogP contribution in [0, 0.1) is 13.8 Å². The minimum Gasteiger partial charge on any atom is -0.298 e. The zero-order valence-electron chi connectivity index (χ0n) is 6.26. The van der Waals surface area contributed by atoms with Crippen molar-refractivity contribution in [3.63, 3.8) is 0 Å². The van der Waals surface area contributed by atoms with E-state index < -0.39 is 0 Å². The van der Waals surface area contributed by atoms with Crippen LogP contribution >= 0.6 is 15.9 Å². The molecule has 4 heteroatoms. The van der Waals surface area contributed by atoms with Gasteiger partial charge in [0.15, 0.2) is 6.29 Å². The van der Waals surface area contributed by atoms with Gasteiger partial charge in [0, 0.05) is 0 Å². The molecule has 11 heavy (non-hydrogen) atoms. The van der Waals surface area contributed by atoms with Crippen molar-refractivity contribution in [1.29, 1.82) is 0 Å². The molecular weight excluding hydrogens is 208 g/mol. The Balaban J connectivity index is 3.40. The van der Waals surface area contributed by atoms with Gasteiger partial charge < -0.3 is 0 Å². The van der Waals surface area contributed by atoms with Crippen LogP contribution in [0.2, 0.25) is 0 Å². The smallest absolute Gasteiger partial charge is 0.153 e. The van der Waals surface area contributed by atoms with Crippen LogP contribution in [0.15, 0.2) is 4.60 Å². The van der Waals surface area contributed by atoms with Gasteiger partial charge in [0.1, 0.15) is 4.60 Å². The Hall–Kier alpha value is -0.770. The van der Waals surface area contributed by atoms with Gasteiger partial charge in [-0.15, -0.1) is 5.10 Å². The summed E-state index contributed by atoms with van der Waals surface area (Å²) < 4.78 is 0.510. The van der Waals surface area contributed by atoms with Gasteiger partial charge in [0.25, 0.3) is 0 Å². The summed E-state index contributed by atoms with van der Waals surface area (Å²) in [5.74, 6) is 0. The molecule has 0 atom stereocenters. The highest BCUT2D eigenvalue weighted by atomic mass is 79.9. The zero-order chi connectivity index (χ0) is 8.43. The molecule has 1 rings (SSSR count). The lowest BCUT2D eigenvalue weighted by atomic mass is 10.1. The summed E-state index contributed by atoms with van der Waals surface area (Å²) in [6.45, 7) is 3.67. The molecule has 3 nitrogen and oxygen atoms in total. The van der Waals surface area contributed by atoms with Gasteiger partial charge in [0.05, 0.1) is 11.3 Å². The number of hydrogen-bond acceptors (Lipinski definition) is 3. The fraction of sp³-hybridized carbons (Fsp3) is 0.286. The average molecular weight is 215 g/mol. The standard InChI is InChI=1S/C7H7BrN2O/c1-4-5(2)9-10-7(8)6(4)3-11/h3H,1-2H3. The van der Waals surface area contributed by atoms with Crippen molar-refractivity contribution >= 4 is 22.2 Å². The Bertz CT molecular complexity index is 299. The third-order valence-corrected chi connectivity index (χ3v) is 2.16. The van der Waals surface area contributed by atoms with Crippen molar-refractivity contribution in [3.05, 3.63) is 21.4 Å². The fourth-order valence-corrected chi connectivity index (χ4v) is 1.20. The summed E-state index contributed by atoms with van der Waals surface area (Å²) in [6, 6.07) is 0. The van der Waals surface area contributed by atoms with Crippen LogP contribution in [0.4, 0.5) is 0 Å². The molecule has 1 heterocycles. The summed E-state index contributed by atoms with van der Waals surface area (Å²) in [7, 11) is 0. The lowest BCUT2D eigenvalue weighted by Crippen LogP contribution is -1.98. The number of carbonyl (C=O) groups is 1. The third-order valence-electron chi connectivity index (χ3n) is 1.57. The molecule has 0 aliphatic carbocycles. The first-order valence-corrected chi connectivity index (χ1v) is 3.90. The molecule has 58 valence electrons. The summed E-state index contributed by atoms with van der Waals surface area (Å²) >= 11 is 3.14. The molecule has 0 fully saturated rings. The number of aryl methyl sites for hydroxylation is 1. The molecule has 0 aromatic carbocycles. The maximum atomic E-state index is 10.5. The van der Waals surface area contributed by atoms with Crippen LogP contribution in [0.25, 0.3) is 0 Å². The average Bonchev–Trinajstić information content (AvgIpc) is 1.99. The minimum atomic E-state index is 0.510. The molecule has 0 N–H and O–H groups in total. The maximum absolute atomic E-state index is 10.5. The van der Waals surface area contributed by atoms with Gasteiger partial charge >= 0.3 is 0 Å². The molecule has 0 aliphatic rings. The Morgan fingerprint density at radius 1 is 1.36 bits per heavy atom. The Labute approximate surface area is 73.0 Å². The lowest BCUT2D eigenvalue weighted by Gasteiger charge is -2.01. The topological polar surface area (TPSA) is 42.9 Å². The predicted molar refractivity (Wildman–Crippen MR) is 44.6 cm³/mol. The van der Waals surface area contributed by atoms with Crippen molar-refractivity contribution < 1.29 is 4.79 Å². The van der Waals surface area contributed by atoms with Crippen LogP contribution in [0.5, 0.6) is 0 Å². The van der Waals surface area contributed by atoms with Crippen LogP contribution < -0.4 is 0 Å². The first-order chi connectivity index (χ1) is 5.16. The van der Waals surface area contributed by atoms with Gasteiger partial charge in [-0.3, -0.25) is 4.79 Å². The Morgan fingerprint density at radius 2 is 2.00 bits per heavy atom. The van der Waals surface area contributed by atoms with Crippen molar-refractivity contribution in [3.8, 4) is 0 Å². The number of aromatic nitrogens is 2. The third kappa shape index (κ3) is 1.45. The number of hydrogen-bond donors (Lipinski definition) is 0. The highest BCUT2D eigenvalue weighted by molar-refractivity contribution is 9.10. The molecule has 0 spiro atoms. The lowest BCUT2D eigenvalue weighted by molar-refractivity contribution is 0.112. The van der Waals surface area contributed by atoms with Crippen molar-refractivity contribution in [2.24, 2.45) is 0 Å². The molecule has 0 saturated carbocycles. The maximum Gasteiger partial charge on any atom is 0.153 e. The van der Waals surface area contributed by atoms with Gasteiger partial charge in [-0.05, 0) is 35.3 Å². The van der Waals surface area contributed by atoms with E-state index in [1.165, 1.54) is 0 Å². The minimum absolute atomic E-state index is 0.510. The van der Waals surface area contributed by atoms with E-state index >= 15 is 0 Å². The second-order valence-corrected chi connectivity index (χ2v) is 2.98. The van der Waals surface area contributed by atoms with E-state index in [1.54, 1.807) is 0 Å². The van der Waals surface area contributed by atoms with Crippen molar-refractivity contribution in [2.75, 3.05) is 0 Å². The molecule has 0 saturated heterocycles. The number of nitrogens with zero attached hydrogens (tertiary/aromatic N) is 2. The summed E-state index contributed by atoms with van der Waals surface area (Å²) in [5, 5.41) is 7.58. The van der Waals surface area contributed by atoms with E-state index in [1.807, 2.05) is 13.8 Å². The van der Waals surface area contributed by atoms with Gasteiger partial charge in [-0.2, -0.15) is 5.10 Å². The molecule has 1 aromatic rings. The summed E-state index contributed by atoms with van der Waals surface area (Å²) in [6.07, 6.45) is 0.779. The largest absolute Gasteiger partial charge is 0.298 e. The second-order valence-electron chi connectivity index (χ2n) is 2.23. The first kappa shape index (κ1) is 8.33. The number of aldehydes is 1. The van der Waals surface area contributed by atoms with E-state index in [-0.39, 0.29) is 0 Å². The normalized spacial score (nSPS) is 9.73. The van der Waals surface area contributed by atoms with Crippen LogP contribution in [-0.4, -0.2) is 16.5 Å². The molecule has 0 bridgehead atoms. The Kier molecular flexibility index (Phi) is 2.34. The molecular formula is C7H7BrN2O. The quantitative estimate of drug-likeness (QED) is 0.669. The molecule has 0 amide bonds. The highest BCUT2D eigenvalue weighted by Gasteiger charge is 2.06. The number of rotatable bonds is 1. The molecule has 1 aromatic heterocycles. The van der Waals surface area contributed by atoms with E-state index in [0.29, 0.717) is 10.2 Å². The molecule has 0 radical (unpaired) electrons. The van der Waals surface area contributed by atoms with Crippen LogP contribution in [-0.2, 0) is 0 Å². The van der Waals surface area contributed by atoms with Crippen LogP contribution in [0.3, 0.4) is 0 Å². The van der Waals surface area contributed by atoms with Gasteiger partial charge in [-0.1, -0.05) is 0 Å². The summed E-state index contributed by atoms with van der Waals surface area (Å²) in [4.78, 5) is 10.5. The Morgan fingerprint density at radius 3 is 2.45 bits per heavy atom. The van der Waals surface area contributed by atoms with Crippen LogP contribution in [0.1, 0.15) is 21.6 Å². The summed E-state index contributed by atoms with van der Waals surface area (Å²) in [5.41, 5.74) is 2.25. The van der Waals surface area contributed by atoms with E-state index in [2.05, 4.69) is 26.1 Å². The van der Waals surface area contributed by atoms with Crippen molar-refractivity contribution in [2.45, 2.75) is 13.8 Å². The van der Waals surface area contributed by atoms with Gasteiger partial charge in [-0.25, -0.2) is 0 Å². The second kappa shape index (κ2) is 3.09. The predicted octanol–water partition coefficient (Wildman–Crippen LogP) is 1.67. The fourth-order valence-electron chi connectivity index (χ4n) is 0.734. The zero-order valence-corrected chi connectivity index (χ0v) is 7.84. The SMILES string of the molecule is Cc1nnc(Br)c(C=O)c1C. The van der Waals surface area contributed by atoms with Crippen molar-refractivity contribution in [1.82, 2.24) is 10.2 Å². The van der Waals surface area contributed by atoms with E-state index in [4.69, 9.17) is 0 Å². The first-order valence-electron chi connectivity index (χ1n) is 3.11. The van der Waals surface area contributed by atoms with E-state index in [9.17, 15) is 4.79 Å². The number of carbonyl (C=O) groups excluding carboxylic acids is 1. The van der Waals surface area contributed by atoms with E-state index in [0.717, 1.165) is 17.5 Å². The monoisotopic (exact) mass is 214 g/mol.